The Hall–Kier alpha value is -2.21. The molecule has 0 fully saturated rings. The van der Waals surface area contributed by atoms with Crippen LogP contribution >= 0.6 is 0 Å². The number of aromatic nitrogens is 1. The van der Waals surface area contributed by atoms with Crippen molar-refractivity contribution in [3.8, 4) is 0 Å². The maximum Gasteiger partial charge on any atom is 0.278 e. The highest BCUT2D eigenvalue weighted by atomic mass is 16.6. The van der Waals surface area contributed by atoms with E-state index in [1.807, 2.05) is 26.8 Å². The fraction of sp³-hybridized carbons (Fsp3) is 0.400. The lowest BCUT2D eigenvalue weighted by Gasteiger charge is -2.21. The number of rotatable bonds is 5. The Morgan fingerprint density at radius 3 is 2.71 bits per heavy atom. The molecule has 6 heteroatoms. The monoisotopic (exact) mass is 289 g/mol. The predicted octanol–water partition coefficient (Wildman–Crippen LogP) is 2.88. The van der Waals surface area contributed by atoms with Crippen LogP contribution in [0, 0.1) is 23.0 Å². The topological polar surface area (TPSA) is 88.3 Å². The Bertz CT molecular complexity index is 673. The van der Waals surface area contributed by atoms with Gasteiger partial charge in [-0.05, 0) is 31.9 Å². The summed E-state index contributed by atoms with van der Waals surface area (Å²) in [6.45, 7) is 5.85. The summed E-state index contributed by atoms with van der Waals surface area (Å²) in [5.74, 6) is 0.0816. The maximum atomic E-state index is 11.1. The highest BCUT2D eigenvalue weighted by molar-refractivity contribution is 5.99. The Morgan fingerprint density at radius 2 is 2.10 bits per heavy atom. The van der Waals surface area contributed by atoms with Crippen LogP contribution in [0.4, 0.5) is 11.4 Å². The molecule has 21 heavy (non-hydrogen) atoms. The van der Waals surface area contributed by atoms with Crippen LogP contribution in [0.1, 0.15) is 19.5 Å². The number of anilines is 1. The van der Waals surface area contributed by atoms with Crippen LogP contribution in [-0.2, 0) is 0 Å². The number of nitrogens with zero attached hydrogens (tertiary/aromatic N) is 2. The van der Waals surface area contributed by atoms with Gasteiger partial charge in [-0.3, -0.25) is 15.1 Å². The number of nitrogens with one attached hydrogen (secondary N) is 1. The van der Waals surface area contributed by atoms with Crippen molar-refractivity contribution >= 4 is 22.1 Å². The molecule has 0 aliphatic heterocycles. The van der Waals surface area contributed by atoms with Crippen LogP contribution in [0.2, 0.25) is 0 Å². The zero-order valence-electron chi connectivity index (χ0n) is 12.3. The fourth-order valence-electron chi connectivity index (χ4n) is 2.16. The molecule has 0 saturated carbocycles. The number of nitro benzene ring substituents is 1. The number of aryl methyl sites for hydroxylation is 1. The standard InChI is InChI=1S/C15H19N3O3/c1-9(8-19)11(3)17-14-4-5-15(18(20)21)13-7-16-10(2)6-12(13)14/h4-7,9,11,17,19H,8H2,1-3H3. The van der Waals surface area contributed by atoms with E-state index in [-0.39, 0.29) is 24.3 Å². The molecule has 6 nitrogen and oxygen atoms in total. The number of fused-ring (bicyclic) bond motifs is 1. The molecule has 112 valence electrons. The summed E-state index contributed by atoms with van der Waals surface area (Å²) >= 11 is 0. The molecular weight excluding hydrogens is 270 g/mol. The van der Waals surface area contributed by atoms with Crippen LogP contribution in [0.25, 0.3) is 10.8 Å². The second kappa shape index (κ2) is 6.05. The van der Waals surface area contributed by atoms with E-state index in [4.69, 9.17) is 0 Å². The van der Waals surface area contributed by atoms with Crippen LogP contribution in [-0.4, -0.2) is 27.7 Å². The van der Waals surface area contributed by atoms with Crippen molar-refractivity contribution in [3.05, 3.63) is 40.2 Å². The summed E-state index contributed by atoms with van der Waals surface area (Å²) in [7, 11) is 0. The van der Waals surface area contributed by atoms with E-state index in [0.29, 0.717) is 5.39 Å². The van der Waals surface area contributed by atoms with Crippen molar-refractivity contribution in [1.82, 2.24) is 4.98 Å². The van der Waals surface area contributed by atoms with Gasteiger partial charge in [0.25, 0.3) is 5.69 Å². The van der Waals surface area contributed by atoms with Crippen molar-refractivity contribution < 1.29 is 10.0 Å². The molecule has 0 aliphatic carbocycles. The Labute approximate surface area is 123 Å². The van der Waals surface area contributed by atoms with E-state index in [0.717, 1.165) is 16.8 Å². The first-order valence-corrected chi connectivity index (χ1v) is 6.85. The van der Waals surface area contributed by atoms with Crippen molar-refractivity contribution in [2.45, 2.75) is 26.8 Å². The van der Waals surface area contributed by atoms with Gasteiger partial charge in [-0.2, -0.15) is 0 Å². The third-order valence-electron chi connectivity index (χ3n) is 3.74. The Kier molecular flexibility index (Phi) is 4.37. The normalized spacial score (nSPS) is 13.9. The average Bonchev–Trinajstić information content (AvgIpc) is 2.46. The van der Waals surface area contributed by atoms with Gasteiger partial charge in [-0.25, -0.2) is 0 Å². The van der Waals surface area contributed by atoms with Crippen molar-refractivity contribution in [3.63, 3.8) is 0 Å². The molecule has 1 aromatic heterocycles. The molecule has 0 radical (unpaired) electrons. The lowest BCUT2D eigenvalue weighted by atomic mass is 10.0. The van der Waals surface area contributed by atoms with Gasteiger partial charge in [0, 0.05) is 41.7 Å². The van der Waals surface area contributed by atoms with Crippen molar-refractivity contribution in [2.24, 2.45) is 5.92 Å². The van der Waals surface area contributed by atoms with Crippen LogP contribution in [0.15, 0.2) is 24.4 Å². The van der Waals surface area contributed by atoms with E-state index in [1.165, 1.54) is 12.3 Å². The number of hydrogen-bond donors (Lipinski definition) is 2. The highest BCUT2D eigenvalue weighted by Crippen LogP contribution is 2.32. The molecule has 0 amide bonds. The number of non-ortho nitro benzene ring substituents is 1. The van der Waals surface area contributed by atoms with Crippen molar-refractivity contribution in [2.75, 3.05) is 11.9 Å². The molecular formula is C15H19N3O3. The second-order valence-corrected chi connectivity index (χ2v) is 5.35. The SMILES string of the molecule is Cc1cc2c(NC(C)C(C)CO)ccc([N+](=O)[O-])c2cn1. The minimum absolute atomic E-state index is 0.0471. The first-order valence-electron chi connectivity index (χ1n) is 6.85. The van der Waals surface area contributed by atoms with Crippen molar-refractivity contribution in [1.29, 1.82) is 0 Å². The smallest absolute Gasteiger partial charge is 0.278 e. The first-order chi connectivity index (χ1) is 9.93. The third kappa shape index (κ3) is 3.11. The quantitative estimate of drug-likeness (QED) is 0.652. The summed E-state index contributed by atoms with van der Waals surface area (Å²) in [5, 5.41) is 24.9. The van der Waals surface area contributed by atoms with Gasteiger partial charge >= 0.3 is 0 Å². The first kappa shape index (κ1) is 15.2. The van der Waals surface area contributed by atoms with Gasteiger partial charge in [0.2, 0.25) is 0 Å². The molecule has 2 rings (SSSR count). The van der Waals surface area contributed by atoms with E-state index >= 15 is 0 Å². The molecule has 0 spiro atoms. The minimum atomic E-state index is -0.400. The van der Waals surface area contributed by atoms with E-state index in [2.05, 4.69) is 10.3 Å². The zero-order valence-corrected chi connectivity index (χ0v) is 12.3. The summed E-state index contributed by atoms with van der Waals surface area (Å²) in [6.07, 6.45) is 1.54. The summed E-state index contributed by atoms with van der Waals surface area (Å²) in [5.41, 5.74) is 1.66. The highest BCUT2D eigenvalue weighted by Gasteiger charge is 2.17. The zero-order chi connectivity index (χ0) is 15.6. The average molecular weight is 289 g/mol. The number of pyridine rings is 1. The molecule has 2 unspecified atom stereocenters. The van der Waals surface area contributed by atoms with E-state index in [9.17, 15) is 15.2 Å². The minimum Gasteiger partial charge on any atom is -0.396 e. The fourth-order valence-corrected chi connectivity index (χ4v) is 2.16. The van der Waals surface area contributed by atoms with Gasteiger partial charge < -0.3 is 10.4 Å². The molecule has 0 aliphatic rings. The number of aliphatic hydroxyl groups excluding tert-OH is 1. The van der Waals surface area contributed by atoms with Gasteiger partial charge in [0.1, 0.15) is 0 Å². The molecule has 1 heterocycles. The summed E-state index contributed by atoms with van der Waals surface area (Å²) < 4.78 is 0. The van der Waals surface area contributed by atoms with Crippen LogP contribution in [0.5, 0.6) is 0 Å². The number of aliphatic hydroxyl groups is 1. The largest absolute Gasteiger partial charge is 0.396 e. The van der Waals surface area contributed by atoms with Gasteiger partial charge in [0.05, 0.1) is 10.3 Å². The number of hydrogen-bond acceptors (Lipinski definition) is 5. The van der Waals surface area contributed by atoms with E-state index in [1.54, 1.807) is 6.07 Å². The van der Waals surface area contributed by atoms with Gasteiger partial charge in [0.15, 0.2) is 0 Å². The molecule has 1 aromatic carbocycles. The molecule has 2 atom stereocenters. The van der Waals surface area contributed by atoms with E-state index < -0.39 is 4.92 Å². The van der Waals surface area contributed by atoms with Gasteiger partial charge in [-0.1, -0.05) is 6.92 Å². The summed E-state index contributed by atoms with van der Waals surface area (Å²) in [4.78, 5) is 14.9. The summed E-state index contributed by atoms with van der Waals surface area (Å²) in [6, 6.07) is 5.08. The van der Waals surface area contributed by atoms with Crippen LogP contribution in [0.3, 0.4) is 0 Å². The number of nitro groups is 1. The molecule has 0 saturated heterocycles. The van der Waals surface area contributed by atoms with Gasteiger partial charge in [-0.15, -0.1) is 0 Å². The second-order valence-electron chi connectivity index (χ2n) is 5.35. The van der Waals surface area contributed by atoms with Crippen LogP contribution < -0.4 is 5.32 Å². The lowest BCUT2D eigenvalue weighted by molar-refractivity contribution is -0.383. The Balaban J connectivity index is 2.52. The molecule has 2 aromatic rings. The maximum absolute atomic E-state index is 11.1. The number of benzene rings is 1. The lowest BCUT2D eigenvalue weighted by Crippen LogP contribution is -2.26. The third-order valence-corrected chi connectivity index (χ3v) is 3.74. The Morgan fingerprint density at radius 1 is 1.38 bits per heavy atom. The molecule has 0 bridgehead atoms. The molecule has 2 N–H and O–H groups in total. The predicted molar refractivity (Wildman–Crippen MR) is 82.5 cm³/mol.